The quantitative estimate of drug-likeness (QED) is 0.875. The van der Waals surface area contributed by atoms with Gasteiger partial charge in [-0.2, -0.15) is 0 Å². The van der Waals surface area contributed by atoms with Gasteiger partial charge in [-0.3, -0.25) is 0 Å². The molecule has 0 aromatic heterocycles. The minimum Gasteiger partial charge on any atom is -0.508 e. The lowest BCUT2D eigenvalue weighted by atomic mass is 9.97. The predicted octanol–water partition coefficient (Wildman–Crippen LogP) is 4.17. The largest absolute Gasteiger partial charge is 0.508 e. The fourth-order valence-electron chi connectivity index (χ4n) is 1.56. The number of rotatable bonds is 3. The van der Waals surface area contributed by atoms with E-state index in [0.717, 1.165) is 6.42 Å². The van der Waals surface area contributed by atoms with Gasteiger partial charge in [0.1, 0.15) is 5.75 Å². The van der Waals surface area contributed by atoms with Gasteiger partial charge in [0.25, 0.3) is 0 Å². The van der Waals surface area contributed by atoms with Gasteiger partial charge in [-0.25, -0.2) is 0 Å². The summed E-state index contributed by atoms with van der Waals surface area (Å²) in [7, 11) is 0. The first-order valence-electron chi connectivity index (χ1n) is 4.85. The molecule has 1 aromatic rings. The highest BCUT2D eigenvalue weighted by molar-refractivity contribution is 6.35. The van der Waals surface area contributed by atoms with Crippen molar-refractivity contribution < 1.29 is 5.11 Å². The van der Waals surface area contributed by atoms with Crippen LogP contribution in [0, 0.1) is 5.92 Å². The second kappa shape index (κ2) is 6.55. The Hall–Kier alpha value is -0.150. The molecular weight excluding hydrogens is 268 g/mol. The van der Waals surface area contributed by atoms with E-state index in [9.17, 15) is 5.11 Å². The lowest BCUT2D eigenvalue weighted by Crippen LogP contribution is -2.13. The van der Waals surface area contributed by atoms with Crippen molar-refractivity contribution in [3.8, 4) is 5.75 Å². The molecule has 2 nitrogen and oxygen atoms in total. The molecule has 3 N–H and O–H groups in total. The first-order valence-corrected chi connectivity index (χ1v) is 5.61. The van der Waals surface area contributed by atoms with Crippen LogP contribution in [0.25, 0.3) is 0 Å². The molecule has 0 unspecified atom stereocenters. The smallest absolute Gasteiger partial charge is 0.123 e. The first kappa shape index (κ1) is 15.9. The summed E-state index contributed by atoms with van der Waals surface area (Å²) in [5.74, 6) is 0.520. The zero-order chi connectivity index (χ0) is 11.6. The molecule has 0 aliphatic heterocycles. The second-order valence-corrected chi connectivity index (χ2v) is 4.90. The maximum Gasteiger partial charge on any atom is 0.123 e. The Morgan fingerprint density at radius 1 is 1.31 bits per heavy atom. The lowest BCUT2D eigenvalue weighted by molar-refractivity contribution is 0.445. The number of nitrogens with two attached hydrogens (primary N) is 1. The molecule has 0 aliphatic carbocycles. The lowest BCUT2D eigenvalue weighted by Gasteiger charge is -2.17. The Labute approximate surface area is 112 Å². The normalized spacial score (nSPS) is 12.4. The van der Waals surface area contributed by atoms with Crippen LogP contribution in [0.5, 0.6) is 5.75 Å². The summed E-state index contributed by atoms with van der Waals surface area (Å²) in [4.78, 5) is 0. The van der Waals surface area contributed by atoms with E-state index in [1.807, 2.05) is 0 Å². The number of hydrogen-bond acceptors (Lipinski definition) is 2. The van der Waals surface area contributed by atoms with E-state index in [-0.39, 0.29) is 24.2 Å². The van der Waals surface area contributed by atoms with Crippen molar-refractivity contribution in [3.05, 3.63) is 27.7 Å². The van der Waals surface area contributed by atoms with Crippen LogP contribution in [0.4, 0.5) is 0 Å². The molecule has 0 radical (unpaired) electrons. The van der Waals surface area contributed by atoms with Gasteiger partial charge in [0.05, 0.1) is 5.02 Å². The topological polar surface area (TPSA) is 46.2 Å². The average molecular weight is 285 g/mol. The Morgan fingerprint density at radius 3 is 2.31 bits per heavy atom. The number of aromatic hydroxyl groups is 1. The van der Waals surface area contributed by atoms with Crippen LogP contribution in [0.1, 0.15) is 31.9 Å². The number of benzene rings is 1. The van der Waals surface area contributed by atoms with Gasteiger partial charge in [0.15, 0.2) is 0 Å². The molecule has 1 atom stereocenters. The number of phenols is 1. The second-order valence-electron chi connectivity index (χ2n) is 4.06. The van der Waals surface area contributed by atoms with Gasteiger partial charge >= 0.3 is 0 Å². The molecule has 1 aromatic carbocycles. The zero-order valence-electron chi connectivity index (χ0n) is 9.21. The Bertz CT molecular complexity index is 332. The molecule has 0 aliphatic rings. The highest BCUT2D eigenvalue weighted by Crippen LogP contribution is 2.35. The Balaban J connectivity index is 0.00000225. The maximum atomic E-state index is 9.71. The van der Waals surface area contributed by atoms with Crippen molar-refractivity contribution in [2.45, 2.75) is 26.3 Å². The summed E-state index contributed by atoms with van der Waals surface area (Å²) >= 11 is 11.7. The fraction of sp³-hybridized carbons (Fsp3) is 0.455. The molecule has 16 heavy (non-hydrogen) atoms. The van der Waals surface area contributed by atoms with Crippen LogP contribution >= 0.6 is 35.6 Å². The van der Waals surface area contributed by atoms with E-state index in [4.69, 9.17) is 28.9 Å². The van der Waals surface area contributed by atoms with E-state index in [0.29, 0.717) is 21.5 Å². The minimum absolute atomic E-state index is 0. The van der Waals surface area contributed by atoms with E-state index < -0.39 is 0 Å². The van der Waals surface area contributed by atoms with Crippen molar-refractivity contribution >= 4 is 35.6 Å². The fourth-order valence-corrected chi connectivity index (χ4v) is 2.19. The Morgan fingerprint density at radius 2 is 1.88 bits per heavy atom. The van der Waals surface area contributed by atoms with Gasteiger partial charge < -0.3 is 10.8 Å². The van der Waals surface area contributed by atoms with E-state index in [2.05, 4.69) is 13.8 Å². The SMILES string of the molecule is CC(C)C[C@H](N)c1c(O)cc(Cl)cc1Cl.Cl. The Kier molecular flexibility index (Phi) is 6.49. The van der Waals surface area contributed by atoms with Crippen molar-refractivity contribution in [2.24, 2.45) is 11.7 Å². The molecule has 0 amide bonds. The minimum atomic E-state index is -0.255. The molecule has 5 heteroatoms. The van der Waals surface area contributed by atoms with Crippen molar-refractivity contribution in [3.63, 3.8) is 0 Å². The van der Waals surface area contributed by atoms with Crippen LogP contribution in [-0.2, 0) is 0 Å². The molecule has 1 rings (SSSR count). The molecule has 0 spiro atoms. The maximum absolute atomic E-state index is 9.71. The van der Waals surface area contributed by atoms with Crippen LogP contribution in [-0.4, -0.2) is 5.11 Å². The average Bonchev–Trinajstić information content (AvgIpc) is 1.99. The molecule has 0 saturated carbocycles. The monoisotopic (exact) mass is 283 g/mol. The predicted molar refractivity (Wildman–Crippen MR) is 71.8 cm³/mol. The third-order valence-electron chi connectivity index (χ3n) is 2.17. The van der Waals surface area contributed by atoms with Gasteiger partial charge in [0, 0.05) is 16.6 Å². The molecule has 0 heterocycles. The van der Waals surface area contributed by atoms with Crippen molar-refractivity contribution in [1.82, 2.24) is 0 Å². The molecular formula is C11H16Cl3NO. The summed E-state index contributed by atoms with van der Waals surface area (Å²) in [6.07, 6.45) is 0.773. The van der Waals surface area contributed by atoms with E-state index >= 15 is 0 Å². The zero-order valence-corrected chi connectivity index (χ0v) is 11.5. The number of phenolic OH excluding ortho intramolecular Hbond substituents is 1. The van der Waals surface area contributed by atoms with Crippen LogP contribution in [0.15, 0.2) is 12.1 Å². The van der Waals surface area contributed by atoms with Crippen LogP contribution in [0.3, 0.4) is 0 Å². The van der Waals surface area contributed by atoms with Gasteiger partial charge in [-0.05, 0) is 24.5 Å². The summed E-state index contributed by atoms with van der Waals surface area (Å²) in [6, 6.07) is 2.80. The standard InChI is InChI=1S/C11H15Cl2NO.ClH/c1-6(2)3-9(14)11-8(13)4-7(12)5-10(11)15;/h4-6,9,15H,3,14H2,1-2H3;1H/t9-;/m0./s1. The summed E-state index contributed by atoms with van der Waals surface area (Å²) in [5, 5.41) is 10.5. The first-order chi connectivity index (χ1) is 6.91. The molecule has 92 valence electrons. The summed E-state index contributed by atoms with van der Waals surface area (Å²) in [6.45, 7) is 4.14. The van der Waals surface area contributed by atoms with Crippen molar-refractivity contribution in [1.29, 1.82) is 0 Å². The van der Waals surface area contributed by atoms with Crippen molar-refractivity contribution in [2.75, 3.05) is 0 Å². The van der Waals surface area contributed by atoms with Crippen LogP contribution < -0.4 is 5.73 Å². The molecule has 0 fully saturated rings. The van der Waals surface area contributed by atoms with Gasteiger partial charge in [-0.15, -0.1) is 12.4 Å². The van der Waals surface area contributed by atoms with E-state index in [1.165, 1.54) is 6.07 Å². The highest BCUT2D eigenvalue weighted by Gasteiger charge is 2.16. The molecule has 0 bridgehead atoms. The van der Waals surface area contributed by atoms with Crippen LogP contribution in [0.2, 0.25) is 10.0 Å². The molecule has 0 saturated heterocycles. The highest BCUT2D eigenvalue weighted by atomic mass is 35.5. The van der Waals surface area contributed by atoms with Gasteiger partial charge in [-0.1, -0.05) is 37.0 Å². The third-order valence-corrected chi connectivity index (χ3v) is 2.70. The summed E-state index contributed by atoms with van der Waals surface area (Å²) in [5.41, 5.74) is 6.54. The number of hydrogen-bond donors (Lipinski definition) is 2. The third kappa shape index (κ3) is 4.02. The summed E-state index contributed by atoms with van der Waals surface area (Å²) < 4.78 is 0. The number of halogens is 3. The van der Waals surface area contributed by atoms with E-state index in [1.54, 1.807) is 6.07 Å². The van der Waals surface area contributed by atoms with Gasteiger partial charge in [0.2, 0.25) is 0 Å².